The van der Waals surface area contributed by atoms with Gasteiger partial charge in [-0.25, -0.2) is 9.59 Å². The summed E-state index contributed by atoms with van der Waals surface area (Å²) in [5, 5.41) is 2.59. The Morgan fingerprint density at radius 2 is 1.57 bits per heavy atom. The topological polar surface area (TPSA) is 90.6 Å². The first-order valence-electron chi connectivity index (χ1n) is 10.3. The van der Waals surface area contributed by atoms with Crippen molar-refractivity contribution < 1.29 is 19.1 Å². The van der Waals surface area contributed by atoms with Crippen LogP contribution in [0.25, 0.3) is 0 Å². The summed E-state index contributed by atoms with van der Waals surface area (Å²) in [7, 11) is 0. The van der Waals surface area contributed by atoms with Crippen LogP contribution in [0.15, 0.2) is 18.2 Å². The molecule has 0 unspecified atom stereocenters. The molecule has 0 aromatic heterocycles. The molecule has 0 aliphatic rings. The van der Waals surface area contributed by atoms with Crippen LogP contribution in [0.1, 0.15) is 89.4 Å². The largest absolute Gasteiger partial charge is 0.462 e. The van der Waals surface area contributed by atoms with E-state index in [-0.39, 0.29) is 0 Å². The first-order chi connectivity index (χ1) is 13.2. The predicted octanol–water partition coefficient (Wildman–Crippen LogP) is 5.91. The lowest BCUT2D eigenvalue weighted by molar-refractivity contribution is 0.0496. The number of ether oxygens (including phenoxy) is 2. The maximum absolute atomic E-state index is 12.2. The summed E-state index contributed by atoms with van der Waals surface area (Å²) in [6.45, 7) is 7.93. The molecule has 0 fully saturated rings. The molecule has 0 spiro atoms. The highest BCUT2D eigenvalue weighted by atomic mass is 16.6. The van der Waals surface area contributed by atoms with Crippen LogP contribution >= 0.6 is 0 Å². The molecular formula is C22H36N2O4. The van der Waals surface area contributed by atoms with Gasteiger partial charge < -0.3 is 15.2 Å². The van der Waals surface area contributed by atoms with Gasteiger partial charge >= 0.3 is 12.1 Å². The van der Waals surface area contributed by atoms with Gasteiger partial charge in [0.2, 0.25) is 0 Å². The number of nitrogens with two attached hydrogens (primary N) is 1. The first-order valence-corrected chi connectivity index (χ1v) is 10.3. The van der Waals surface area contributed by atoms with E-state index in [4.69, 9.17) is 15.2 Å². The van der Waals surface area contributed by atoms with Gasteiger partial charge in [-0.1, -0.05) is 51.9 Å². The van der Waals surface area contributed by atoms with Crippen molar-refractivity contribution in [3.63, 3.8) is 0 Å². The minimum Gasteiger partial charge on any atom is -0.462 e. The molecular weight excluding hydrogens is 356 g/mol. The van der Waals surface area contributed by atoms with E-state index in [1.165, 1.54) is 50.7 Å². The molecule has 0 bridgehead atoms. The van der Waals surface area contributed by atoms with Crippen molar-refractivity contribution in [3.05, 3.63) is 23.8 Å². The van der Waals surface area contributed by atoms with Crippen LogP contribution in [0.3, 0.4) is 0 Å². The maximum atomic E-state index is 12.2. The highest BCUT2D eigenvalue weighted by Gasteiger charge is 2.17. The fraction of sp³-hybridized carbons (Fsp3) is 0.636. The van der Waals surface area contributed by atoms with Gasteiger partial charge in [0.15, 0.2) is 0 Å². The normalized spacial score (nSPS) is 11.1. The van der Waals surface area contributed by atoms with E-state index in [2.05, 4.69) is 12.2 Å². The minimum absolute atomic E-state index is 0.311. The molecule has 3 N–H and O–H groups in total. The summed E-state index contributed by atoms with van der Waals surface area (Å²) in [6, 6.07) is 4.64. The summed E-state index contributed by atoms with van der Waals surface area (Å²) in [5.74, 6) is -0.442. The highest BCUT2D eigenvalue weighted by molar-refractivity contribution is 5.94. The number of carbonyl (C=O) groups is 2. The van der Waals surface area contributed by atoms with Gasteiger partial charge in [-0.15, -0.1) is 0 Å². The number of hydrogen-bond acceptors (Lipinski definition) is 5. The van der Waals surface area contributed by atoms with Crippen molar-refractivity contribution >= 4 is 23.4 Å². The molecule has 158 valence electrons. The second-order valence-corrected chi connectivity index (χ2v) is 8.08. The molecule has 0 saturated carbocycles. The number of rotatable bonds is 11. The van der Waals surface area contributed by atoms with Crippen molar-refractivity contribution in [2.24, 2.45) is 0 Å². The summed E-state index contributed by atoms with van der Waals surface area (Å²) in [5.41, 5.74) is 6.31. The van der Waals surface area contributed by atoms with E-state index in [0.29, 0.717) is 23.5 Å². The van der Waals surface area contributed by atoms with E-state index in [1.807, 2.05) is 0 Å². The molecule has 1 aromatic carbocycles. The molecule has 1 aromatic rings. The Hall–Kier alpha value is -2.24. The molecule has 0 saturated heterocycles. The fourth-order valence-electron chi connectivity index (χ4n) is 2.75. The number of nitrogens with one attached hydrogen (secondary N) is 1. The van der Waals surface area contributed by atoms with Gasteiger partial charge in [0.05, 0.1) is 12.2 Å². The maximum Gasteiger partial charge on any atom is 0.412 e. The van der Waals surface area contributed by atoms with Crippen molar-refractivity contribution in [1.29, 1.82) is 0 Å². The summed E-state index contributed by atoms with van der Waals surface area (Å²) in [4.78, 5) is 24.1. The Balaban J connectivity index is 2.40. The van der Waals surface area contributed by atoms with Gasteiger partial charge in [-0.05, 0) is 45.4 Å². The van der Waals surface area contributed by atoms with Crippen LogP contribution in [-0.2, 0) is 9.47 Å². The minimum atomic E-state index is -0.609. The third-order valence-electron chi connectivity index (χ3n) is 4.07. The van der Waals surface area contributed by atoms with Crippen LogP contribution in [-0.4, -0.2) is 24.3 Å². The quantitative estimate of drug-likeness (QED) is 0.277. The smallest absolute Gasteiger partial charge is 0.412 e. The van der Waals surface area contributed by atoms with Gasteiger partial charge in [0.25, 0.3) is 0 Å². The lowest BCUT2D eigenvalue weighted by atomic mass is 10.1. The molecule has 6 heteroatoms. The summed E-state index contributed by atoms with van der Waals surface area (Å²) >= 11 is 0. The van der Waals surface area contributed by atoms with E-state index in [0.717, 1.165) is 12.8 Å². The molecule has 6 nitrogen and oxygen atoms in total. The predicted molar refractivity (Wildman–Crippen MR) is 114 cm³/mol. The number of unbranched alkanes of at least 4 members (excludes halogenated alkanes) is 7. The average molecular weight is 393 g/mol. The van der Waals surface area contributed by atoms with E-state index < -0.39 is 17.7 Å². The number of amides is 1. The van der Waals surface area contributed by atoms with Crippen molar-refractivity contribution in [2.45, 2.75) is 84.7 Å². The van der Waals surface area contributed by atoms with Gasteiger partial charge in [-0.3, -0.25) is 5.32 Å². The Kier molecular flexibility index (Phi) is 10.4. The van der Waals surface area contributed by atoms with E-state index in [9.17, 15) is 9.59 Å². The lowest BCUT2D eigenvalue weighted by Crippen LogP contribution is -2.27. The van der Waals surface area contributed by atoms with Gasteiger partial charge in [0.1, 0.15) is 5.60 Å². The first kappa shape index (κ1) is 23.8. The third kappa shape index (κ3) is 10.8. The Morgan fingerprint density at radius 3 is 2.18 bits per heavy atom. The summed E-state index contributed by atoms with van der Waals surface area (Å²) < 4.78 is 10.5. The number of esters is 1. The number of carbonyl (C=O) groups excluding carboxylic acids is 2. The number of nitrogen functional groups attached to an aromatic ring is 1. The van der Waals surface area contributed by atoms with Crippen LogP contribution in [0.4, 0.5) is 16.2 Å². The molecule has 0 aliphatic carbocycles. The van der Waals surface area contributed by atoms with Crippen molar-refractivity contribution in [1.82, 2.24) is 0 Å². The fourth-order valence-corrected chi connectivity index (χ4v) is 2.75. The molecule has 1 rings (SSSR count). The van der Waals surface area contributed by atoms with Crippen molar-refractivity contribution in [3.8, 4) is 0 Å². The SMILES string of the molecule is CCCCCCCCCCOC(=O)c1cc(N)cc(NC(=O)OC(C)(C)C)c1. The van der Waals surface area contributed by atoms with Crippen LogP contribution in [0.2, 0.25) is 0 Å². The Morgan fingerprint density at radius 1 is 0.964 bits per heavy atom. The average Bonchev–Trinajstić information content (AvgIpc) is 2.57. The van der Waals surface area contributed by atoms with Crippen LogP contribution in [0, 0.1) is 0 Å². The lowest BCUT2D eigenvalue weighted by Gasteiger charge is -2.20. The van der Waals surface area contributed by atoms with Crippen LogP contribution < -0.4 is 11.1 Å². The van der Waals surface area contributed by atoms with Gasteiger partial charge in [0, 0.05) is 11.4 Å². The third-order valence-corrected chi connectivity index (χ3v) is 4.07. The molecule has 0 atom stereocenters. The molecule has 1 amide bonds. The monoisotopic (exact) mass is 392 g/mol. The molecule has 0 radical (unpaired) electrons. The number of anilines is 2. The zero-order valence-electron chi connectivity index (χ0n) is 17.8. The summed E-state index contributed by atoms with van der Waals surface area (Å²) in [6.07, 6.45) is 8.87. The highest BCUT2D eigenvalue weighted by Crippen LogP contribution is 2.19. The van der Waals surface area contributed by atoms with Crippen molar-refractivity contribution in [2.75, 3.05) is 17.7 Å². The molecule has 0 aliphatic heterocycles. The van der Waals surface area contributed by atoms with E-state index >= 15 is 0 Å². The molecule has 0 heterocycles. The Labute approximate surface area is 169 Å². The van der Waals surface area contributed by atoms with Crippen LogP contribution in [0.5, 0.6) is 0 Å². The number of hydrogen-bond donors (Lipinski definition) is 2. The zero-order chi connectivity index (χ0) is 21.0. The Bertz CT molecular complexity index is 623. The standard InChI is InChI=1S/C22H36N2O4/c1-5-6-7-8-9-10-11-12-13-27-20(25)17-14-18(23)16-19(15-17)24-21(26)28-22(2,3)4/h14-16H,5-13,23H2,1-4H3,(H,24,26). The number of benzene rings is 1. The second-order valence-electron chi connectivity index (χ2n) is 8.08. The van der Waals surface area contributed by atoms with E-state index in [1.54, 1.807) is 26.8 Å². The zero-order valence-corrected chi connectivity index (χ0v) is 17.8. The second kappa shape index (κ2) is 12.3. The molecule has 28 heavy (non-hydrogen) atoms. The van der Waals surface area contributed by atoms with Gasteiger partial charge in [-0.2, -0.15) is 0 Å².